The van der Waals surface area contributed by atoms with Gasteiger partial charge >= 0.3 is 6.18 Å². The van der Waals surface area contributed by atoms with Crippen molar-refractivity contribution in [2.75, 3.05) is 0 Å². The summed E-state index contributed by atoms with van der Waals surface area (Å²) < 4.78 is 66.3. The second kappa shape index (κ2) is 7.28. The lowest BCUT2D eigenvalue weighted by Gasteiger charge is -2.09. The molecule has 0 aliphatic heterocycles. The number of nitro groups is 2. The van der Waals surface area contributed by atoms with E-state index in [9.17, 15) is 41.8 Å². The van der Waals surface area contributed by atoms with Gasteiger partial charge in [0.2, 0.25) is 0 Å². The summed E-state index contributed by atoms with van der Waals surface area (Å²) in [6.07, 6.45) is -4.67. The molecule has 0 aliphatic rings. The predicted octanol–water partition coefficient (Wildman–Crippen LogP) is 3.43. The van der Waals surface area contributed by atoms with Gasteiger partial charge in [-0.2, -0.15) is 21.6 Å². The van der Waals surface area contributed by atoms with Gasteiger partial charge in [0, 0.05) is 12.1 Å². The van der Waals surface area contributed by atoms with Gasteiger partial charge in [-0.05, 0) is 30.3 Å². The SMILES string of the molecule is O=[N+]([O-])c1cccc([N+](=O)[O-])c1COS(=O)(=O)c1ccc(C(F)(F)F)cc1. The summed E-state index contributed by atoms with van der Waals surface area (Å²) in [7, 11) is -4.62. The average Bonchev–Trinajstić information content (AvgIpc) is 2.58. The highest BCUT2D eigenvalue weighted by atomic mass is 32.2. The molecule has 2 rings (SSSR count). The smallest absolute Gasteiger partial charge is 0.261 e. The first-order chi connectivity index (χ1) is 12.4. The summed E-state index contributed by atoms with van der Waals surface area (Å²) in [4.78, 5) is 19.5. The summed E-state index contributed by atoms with van der Waals surface area (Å²) >= 11 is 0. The van der Waals surface area contributed by atoms with Crippen molar-refractivity contribution in [3.05, 3.63) is 73.8 Å². The van der Waals surface area contributed by atoms with E-state index >= 15 is 0 Å². The van der Waals surface area contributed by atoms with Crippen LogP contribution in [-0.2, 0) is 27.1 Å². The molecule has 0 heterocycles. The second-order valence-corrected chi connectivity index (χ2v) is 6.64. The number of nitro benzene ring substituents is 2. The van der Waals surface area contributed by atoms with Gasteiger partial charge in [-0.1, -0.05) is 0 Å². The van der Waals surface area contributed by atoms with Crippen LogP contribution in [0.4, 0.5) is 24.5 Å². The van der Waals surface area contributed by atoms with Crippen molar-refractivity contribution >= 4 is 21.5 Å². The van der Waals surface area contributed by atoms with Crippen LogP contribution in [0.1, 0.15) is 11.1 Å². The Morgan fingerprint density at radius 1 is 0.926 bits per heavy atom. The number of nitrogens with zero attached hydrogens (tertiary/aromatic N) is 2. The van der Waals surface area contributed by atoms with Crippen LogP contribution in [0.5, 0.6) is 0 Å². The molecule has 0 aliphatic carbocycles. The summed E-state index contributed by atoms with van der Waals surface area (Å²) in [5, 5.41) is 22.0. The molecule has 0 N–H and O–H groups in total. The summed E-state index contributed by atoms with van der Waals surface area (Å²) in [6, 6.07) is 5.22. The van der Waals surface area contributed by atoms with E-state index in [-0.39, 0.29) is 0 Å². The van der Waals surface area contributed by atoms with Crippen LogP contribution in [0.2, 0.25) is 0 Å². The van der Waals surface area contributed by atoms with Gasteiger partial charge < -0.3 is 0 Å². The molecular formula is C14H9F3N2O7S. The molecule has 27 heavy (non-hydrogen) atoms. The third kappa shape index (κ3) is 4.57. The molecule has 0 bridgehead atoms. The molecule has 0 saturated carbocycles. The van der Waals surface area contributed by atoms with E-state index in [1.54, 1.807) is 0 Å². The number of halogens is 3. The van der Waals surface area contributed by atoms with Crippen molar-refractivity contribution in [1.82, 2.24) is 0 Å². The minimum absolute atomic E-state index is 0.518. The monoisotopic (exact) mass is 406 g/mol. The lowest BCUT2D eigenvalue weighted by Crippen LogP contribution is -2.10. The topological polar surface area (TPSA) is 130 Å². The third-order valence-corrected chi connectivity index (χ3v) is 4.63. The fraction of sp³-hybridized carbons (Fsp3) is 0.143. The van der Waals surface area contributed by atoms with E-state index in [0.717, 1.165) is 18.2 Å². The first kappa shape index (κ1) is 20.3. The van der Waals surface area contributed by atoms with Crippen LogP contribution < -0.4 is 0 Å². The normalized spacial score (nSPS) is 12.0. The molecule has 13 heteroatoms. The second-order valence-electron chi connectivity index (χ2n) is 5.03. The quantitative estimate of drug-likeness (QED) is 0.408. The van der Waals surface area contributed by atoms with Crippen LogP contribution in [0.15, 0.2) is 47.4 Å². The van der Waals surface area contributed by atoms with Gasteiger partial charge in [-0.3, -0.25) is 24.4 Å². The highest BCUT2D eigenvalue weighted by Crippen LogP contribution is 2.32. The van der Waals surface area contributed by atoms with Crippen molar-refractivity contribution in [1.29, 1.82) is 0 Å². The maximum Gasteiger partial charge on any atom is 0.416 e. The minimum atomic E-state index is -4.67. The van der Waals surface area contributed by atoms with Crippen LogP contribution in [0.25, 0.3) is 0 Å². The van der Waals surface area contributed by atoms with Crippen molar-refractivity contribution in [3.63, 3.8) is 0 Å². The molecule has 0 aromatic heterocycles. The van der Waals surface area contributed by atoms with Gasteiger partial charge in [0.05, 0.1) is 20.3 Å². The first-order valence-electron chi connectivity index (χ1n) is 6.91. The van der Waals surface area contributed by atoms with E-state index in [2.05, 4.69) is 4.18 Å². The van der Waals surface area contributed by atoms with E-state index in [4.69, 9.17) is 0 Å². The predicted molar refractivity (Wildman–Crippen MR) is 83.2 cm³/mol. The molecule has 0 radical (unpaired) electrons. The lowest BCUT2D eigenvalue weighted by atomic mass is 10.1. The average molecular weight is 406 g/mol. The number of hydrogen-bond donors (Lipinski definition) is 0. The Labute approximate surface area is 149 Å². The Hall–Kier alpha value is -3.06. The number of alkyl halides is 3. The van der Waals surface area contributed by atoms with E-state index in [1.165, 1.54) is 0 Å². The molecule has 9 nitrogen and oxygen atoms in total. The van der Waals surface area contributed by atoms with Gasteiger partial charge in [0.25, 0.3) is 21.5 Å². The molecule has 2 aromatic carbocycles. The molecule has 2 aromatic rings. The van der Waals surface area contributed by atoms with Crippen molar-refractivity contribution in [3.8, 4) is 0 Å². The molecule has 0 saturated heterocycles. The lowest BCUT2D eigenvalue weighted by molar-refractivity contribution is -0.396. The molecular weight excluding hydrogens is 397 g/mol. The van der Waals surface area contributed by atoms with Crippen molar-refractivity contribution in [2.45, 2.75) is 17.7 Å². The fourth-order valence-corrected chi connectivity index (χ4v) is 2.95. The molecule has 0 unspecified atom stereocenters. The minimum Gasteiger partial charge on any atom is -0.261 e. The fourth-order valence-electron chi connectivity index (χ4n) is 2.07. The zero-order valence-electron chi connectivity index (χ0n) is 13.0. The molecule has 0 atom stereocenters. The number of rotatable bonds is 6. The number of hydrogen-bond acceptors (Lipinski definition) is 7. The highest BCUT2D eigenvalue weighted by Gasteiger charge is 2.31. The van der Waals surface area contributed by atoms with Crippen LogP contribution in [0, 0.1) is 20.2 Å². The molecule has 0 amide bonds. The van der Waals surface area contributed by atoms with Gasteiger partial charge in [0.1, 0.15) is 12.2 Å². The van der Waals surface area contributed by atoms with Crippen LogP contribution >= 0.6 is 0 Å². The molecule has 0 fully saturated rings. The maximum absolute atomic E-state index is 12.5. The van der Waals surface area contributed by atoms with Crippen LogP contribution in [-0.4, -0.2) is 18.3 Å². The number of benzene rings is 2. The van der Waals surface area contributed by atoms with Gasteiger partial charge in [-0.15, -0.1) is 0 Å². The Morgan fingerprint density at radius 2 is 1.41 bits per heavy atom. The van der Waals surface area contributed by atoms with Gasteiger partial charge in [0.15, 0.2) is 0 Å². The van der Waals surface area contributed by atoms with E-state index < -0.39 is 60.1 Å². The Balaban J connectivity index is 2.33. The largest absolute Gasteiger partial charge is 0.416 e. The van der Waals surface area contributed by atoms with Crippen molar-refractivity contribution < 1.29 is 35.6 Å². The van der Waals surface area contributed by atoms with E-state index in [0.29, 0.717) is 24.3 Å². The zero-order chi connectivity index (χ0) is 20.4. The van der Waals surface area contributed by atoms with Crippen LogP contribution in [0.3, 0.4) is 0 Å². The van der Waals surface area contributed by atoms with Gasteiger partial charge in [-0.25, -0.2) is 0 Å². The maximum atomic E-state index is 12.5. The first-order valence-corrected chi connectivity index (χ1v) is 8.31. The third-order valence-electron chi connectivity index (χ3n) is 3.35. The summed E-state index contributed by atoms with van der Waals surface area (Å²) in [5.74, 6) is 0. The highest BCUT2D eigenvalue weighted by molar-refractivity contribution is 7.86. The van der Waals surface area contributed by atoms with Crippen molar-refractivity contribution in [2.24, 2.45) is 0 Å². The Bertz CT molecular complexity index is 957. The standard InChI is InChI=1S/C14H9F3N2O7S/c15-14(16,17)9-4-6-10(7-5-9)27(24,25)26-8-11-12(18(20)21)2-1-3-13(11)19(22)23/h1-7H,8H2. The summed E-state index contributed by atoms with van der Waals surface area (Å²) in [6.45, 7) is -1.04. The summed E-state index contributed by atoms with van der Waals surface area (Å²) in [5.41, 5.74) is -3.14. The Morgan fingerprint density at radius 3 is 1.81 bits per heavy atom. The van der Waals surface area contributed by atoms with E-state index in [1.807, 2.05) is 0 Å². The zero-order valence-corrected chi connectivity index (χ0v) is 13.9. The Kier molecular flexibility index (Phi) is 5.46. The molecule has 0 spiro atoms. The molecule has 144 valence electrons.